The second kappa shape index (κ2) is 8.01. The van der Waals surface area contributed by atoms with Gasteiger partial charge >= 0.3 is 0 Å². The summed E-state index contributed by atoms with van der Waals surface area (Å²) in [5, 5.41) is 1.03. The van der Waals surface area contributed by atoms with Crippen LogP contribution in [0.1, 0.15) is 12.5 Å². The van der Waals surface area contributed by atoms with Gasteiger partial charge in [-0.3, -0.25) is 14.7 Å². The molecule has 140 valence electrons. The van der Waals surface area contributed by atoms with Crippen LogP contribution < -0.4 is 4.74 Å². The van der Waals surface area contributed by atoms with Gasteiger partial charge in [0, 0.05) is 51.4 Å². The number of likely N-dealkylation sites (N-methyl/N-ethyl adjacent to an activating group) is 2. The molecule has 1 aliphatic heterocycles. The predicted molar refractivity (Wildman–Crippen MR) is 103 cm³/mol. The summed E-state index contributed by atoms with van der Waals surface area (Å²) in [6.45, 7) is 6.46. The van der Waals surface area contributed by atoms with Crippen LogP contribution in [0.5, 0.6) is 5.75 Å². The van der Waals surface area contributed by atoms with Crippen LogP contribution in [0, 0.1) is 0 Å². The number of rotatable bonds is 5. The Kier molecular flexibility index (Phi) is 5.74. The van der Waals surface area contributed by atoms with E-state index >= 15 is 0 Å². The van der Waals surface area contributed by atoms with Gasteiger partial charge in [-0.05, 0) is 31.7 Å². The Balaban J connectivity index is 1.74. The normalized spacial score (nSPS) is 17.2. The van der Waals surface area contributed by atoms with Crippen LogP contribution in [0.3, 0.4) is 0 Å². The summed E-state index contributed by atoms with van der Waals surface area (Å²) in [4.78, 5) is 23.7. The Morgan fingerprint density at radius 1 is 1.27 bits per heavy atom. The SMILES string of the molecule is COc1ccc(CN(C)C(=O)C(C)N2CCN(C)CC2)c2cccnc12. The van der Waals surface area contributed by atoms with Gasteiger partial charge in [-0.25, -0.2) is 0 Å². The zero-order chi connectivity index (χ0) is 18.7. The minimum absolute atomic E-state index is 0.101. The predicted octanol–water partition coefficient (Wildman–Crippen LogP) is 1.84. The Bertz CT molecular complexity index is 771. The molecule has 0 radical (unpaired) electrons. The maximum absolute atomic E-state index is 12.9. The molecular weight excluding hydrogens is 328 g/mol. The van der Waals surface area contributed by atoms with Crippen molar-refractivity contribution in [1.29, 1.82) is 0 Å². The first-order chi connectivity index (χ1) is 12.5. The van der Waals surface area contributed by atoms with Crippen LogP contribution in [0.15, 0.2) is 30.5 Å². The molecule has 6 nitrogen and oxygen atoms in total. The fraction of sp³-hybridized carbons (Fsp3) is 0.500. The van der Waals surface area contributed by atoms with Crippen molar-refractivity contribution in [2.75, 3.05) is 47.4 Å². The molecule has 0 aliphatic carbocycles. The summed E-state index contributed by atoms with van der Waals surface area (Å²) in [5.41, 5.74) is 1.91. The Morgan fingerprint density at radius 3 is 2.69 bits per heavy atom. The van der Waals surface area contributed by atoms with Crippen molar-refractivity contribution in [1.82, 2.24) is 19.7 Å². The smallest absolute Gasteiger partial charge is 0.239 e. The first kappa shape index (κ1) is 18.6. The number of aromatic nitrogens is 1. The number of hydrogen-bond acceptors (Lipinski definition) is 5. The summed E-state index contributed by atoms with van der Waals surface area (Å²) in [6.07, 6.45) is 1.76. The Morgan fingerprint density at radius 2 is 2.00 bits per heavy atom. The number of amides is 1. The van der Waals surface area contributed by atoms with E-state index in [0.717, 1.165) is 48.4 Å². The number of methoxy groups -OCH3 is 1. The number of benzene rings is 1. The maximum atomic E-state index is 12.9. The topological polar surface area (TPSA) is 48.9 Å². The Labute approximate surface area is 155 Å². The monoisotopic (exact) mass is 356 g/mol. The third-order valence-corrected chi connectivity index (χ3v) is 5.27. The number of nitrogens with zero attached hydrogens (tertiary/aromatic N) is 4. The summed E-state index contributed by atoms with van der Waals surface area (Å²) < 4.78 is 5.41. The average molecular weight is 356 g/mol. The van der Waals surface area contributed by atoms with E-state index in [1.807, 2.05) is 43.1 Å². The lowest BCUT2D eigenvalue weighted by atomic mass is 10.1. The summed E-state index contributed by atoms with van der Waals surface area (Å²) in [6, 6.07) is 7.79. The number of pyridine rings is 1. The van der Waals surface area contributed by atoms with Gasteiger partial charge < -0.3 is 14.5 Å². The van der Waals surface area contributed by atoms with E-state index < -0.39 is 0 Å². The molecule has 1 saturated heterocycles. The highest BCUT2D eigenvalue weighted by Gasteiger charge is 2.26. The molecule has 1 aromatic carbocycles. The van der Waals surface area contributed by atoms with Gasteiger partial charge in [0.2, 0.25) is 5.91 Å². The number of piperazine rings is 1. The lowest BCUT2D eigenvalue weighted by molar-refractivity contribution is -0.136. The Hall–Kier alpha value is -2.18. The van der Waals surface area contributed by atoms with Crippen molar-refractivity contribution < 1.29 is 9.53 Å². The van der Waals surface area contributed by atoms with E-state index in [9.17, 15) is 4.79 Å². The highest BCUT2D eigenvalue weighted by molar-refractivity contribution is 5.88. The number of ether oxygens (including phenoxy) is 1. The van der Waals surface area contributed by atoms with Gasteiger partial charge in [0.05, 0.1) is 13.2 Å². The molecule has 2 aromatic rings. The van der Waals surface area contributed by atoms with Gasteiger partial charge in [-0.15, -0.1) is 0 Å². The second-order valence-corrected chi connectivity index (χ2v) is 7.04. The number of hydrogen-bond donors (Lipinski definition) is 0. The highest BCUT2D eigenvalue weighted by atomic mass is 16.5. The molecule has 2 heterocycles. The maximum Gasteiger partial charge on any atom is 0.239 e. The molecule has 1 fully saturated rings. The van der Waals surface area contributed by atoms with Gasteiger partial charge in [-0.2, -0.15) is 0 Å². The van der Waals surface area contributed by atoms with Gasteiger partial charge in [0.1, 0.15) is 11.3 Å². The van der Waals surface area contributed by atoms with E-state index in [4.69, 9.17) is 4.74 Å². The van der Waals surface area contributed by atoms with Gasteiger partial charge in [-0.1, -0.05) is 12.1 Å². The van der Waals surface area contributed by atoms with E-state index in [0.29, 0.717) is 6.54 Å². The first-order valence-electron chi connectivity index (χ1n) is 9.09. The van der Waals surface area contributed by atoms with Crippen LogP contribution in [-0.4, -0.2) is 79.0 Å². The van der Waals surface area contributed by atoms with Crippen LogP contribution >= 0.6 is 0 Å². The van der Waals surface area contributed by atoms with Crippen molar-refractivity contribution in [3.05, 3.63) is 36.0 Å². The number of fused-ring (bicyclic) bond motifs is 1. The molecule has 1 atom stereocenters. The molecule has 0 spiro atoms. The van der Waals surface area contributed by atoms with Crippen LogP contribution in [0.25, 0.3) is 10.9 Å². The van der Waals surface area contributed by atoms with Crippen LogP contribution in [0.4, 0.5) is 0 Å². The fourth-order valence-corrected chi connectivity index (χ4v) is 3.53. The summed E-state index contributed by atoms with van der Waals surface area (Å²) >= 11 is 0. The molecule has 26 heavy (non-hydrogen) atoms. The molecule has 1 aromatic heterocycles. The molecule has 1 aliphatic rings. The molecule has 6 heteroatoms. The summed E-state index contributed by atoms with van der Waals surface area (Å²) in [7, 11) is 5.65. The first-order valence-corrected chi connectivity index (χ1v) is 9.09. The quantitative estimate of drug-likeness (QED) is 0.818. The molecule has 1 amide bonds. The van der Waals surface area contributed by atoms with E-state index in [2.05, 4.69) is 21.8 Å². The van der Waals surface area contributed by atoms with Crippen molar-refractivity contribution in [3.63, 3.8) is 0 Å². The fourth-order valence-electron chi connectivity index (χ4n) is 3.53. The zero-order valence-corrected chi connectivity index (χ0v) is 16.1. The largest absolute Gasteiger partial charge is 0.494 e. The van der Waals surface area contributed by atoms with Crippen molar-refractivity contribution in [2.45, 2.75) is 19.5 Å². The third-order valence-electron chi connectivity index (χ3n) is 5.27. The molecular formula is C20H28N4O2. The van der Waals surface area contributed by atoms with E-state index in [-0.39, 0.29) is 11.9 Å². The van der Waals surface area contributed by atoms with Crippen molar-refractivity contribution in [2.24, 2.45) is 0 Å². The average Bonchev–Trinajstić information content (AvgIpc) is 2.67. The molecule has 3 rings (SSSR count). The molecule has 1 unspecified atom stereocenters. The second-order valence-electron chi connectivity index (χ2n) is 7.04. The standard InChI is InChI=1S/C20H28N4O2/c1-15(24-12-10-22(2)11-13-24)20(25)23(3)14-16-7-8-18(26-4)19-17(16)6-5-9-21-19/h5-9,15H,10-14H2,1-4H3. The minimum Gasteiger partial charge on any atom is -0.494 e. The van der Waals surface area contributed by atoms with Crippen LogP contribution in [-0.2, 0) is 11.3 Å². The lowest BCUT2D eigenvalue weighted by Crippen LogP contribution is -2.53. The lowest BCUT2D eigenvalue weighted by Gasteiger charge is -2.37. The van der Waals surface area contributed by atoms with Crippen molar-refractivity contribution >= 4 is 16.8 Å². The third kappa shape index (κ3) is 3.81. The molecule has 0 bridgehead atoms. The molecule has 0 N–H and O–H groups in total. The van der Waals surface area contributed by atoms with E-state index in [1.54, 1.807) is 13.3 Å². The summed E-state index contributed by atoms with van der Waals surface area (Å²) in [5.74, 6) is 0.909. The number of carbonyl (C=O) groups excluding carboxylic acids is 1. The highest BCUT2D eigenvalue weighted by Crippen LogP contribution is 2.27. The van der Waals surface area contributed by atoms with Crippen LogP contribution in [0.2, 0.25) is 0 Å². The number of carbonyl (C=O) groups is 1. The van der Waals surface area contributed by atoms with E-state index in [1.165, 1.54) is 0 Å². The molecule has 0 saturated carbocycles. The van der Waals surface area contributed by atoms with Gasteiger partial charge in [0.15, 0.2) is 0 Å². The minimum atomic E-state index is -0.101. The van der Waals surface area contributed by atoms with Gasteiger partial charge in [0.25, 0.3) is 0 Å². The zero-order valence-electron chi connectivity index (χ0n) is 16.1. The van der Waals surface area contributed by atoms with Crippen molar-refractivity contribution in [3.8, 4) is 5.75 Å².